The largest absolute Gasteiger partial charge is 0.491 e. The first-order valence-electron chi connectivity index (χ1n) is 9.25. The Bertz CT molecular complexity index is 1060. The fourth-order valence-electron chi connectivity index (χ4n) is 2.82. The van der Waals surface area contributed by atoms with Crippen LogP contribution in [0.4, 0.5) is 5.82 Å². The number of ether oxygens (including phenoxy) is 1. The molecular weight excluding hydrogens is 364 g/mol. The van der Waals surface area contributed by atoms with Crippen LogP contribution < -0.4 is 10.1 Å². The average molecular weight is 386 g/mol. The number of aryl methyl sites for hydroxylation is 1. The van der Waals surface area contributed by atoms with Crippen molar-refractivity contribution in [2.45, 2.75) is 20.0 Å². The van der Waals surface area contributed by atoms with Gasteiger partial charge in [0.1, 0.15) is 23.2 Å². The molecule has 3 aromatic rings. The summed E-state index contributed by atoms with van der Waals surface area (Å²) in [5, 5.41) is 16.1. The summed E-state index contributed by atoms with van der Waals surface area (Å²) in [6.07, 6.45) is 3.33. The van der Waals surface area contributed by atoms with Gasteiger partial charge in [-0.1, -0.05) is 42.5 Å². The number of anilines is 1. The standard InChI is InChI=1S/C23H22N4O2/c1-16(2)29-20-11-9-17(10-12-20)13-21(18-7-5-4-6-8-18)23(28)26-22-19(14-24)15-25-27(22)3/h4-13,15-16H,1-3H3,(H,26,28)/b21-13+. The Hall–Kier alpha value is -3.85. The summed E-state index contributed by atoms with van der Waals surface area (Å²) in [7, 11) is 1.68. The van der Waals surface area contributed by atoms with E-state index in [0.29, 0.717) is 17.0 Å². The number of nitriles is 1. The Morgan fingerprint density at radius 1 is 1.17 bits per heavy atom. The Labute approximate surface area is 170 Å². The number of benzene rings is 2. The highest BCUT2D eigenvalue weighted by Gasteiger charge is 2.17. The van der Waals surface area contributed by atoms with Crippen LogP contribution >= 0.6 is 0 Å². The van der Waals surface area contributed by atoms with Gasteiger partial charge in [0.05, 0.1) is 12.3 Å². The maximum Gasteiger partial charge on any atom is 0.257 e. The zero-order valence-electron chi connectivity index (χ0n) is 16.6. The molecule has 2 aromatic carbocycles. The van der Waals surface area contributed by atoms with Crippen LogP contribution in [-0.2, 0) is 11.8 Å². The van der Waals surface area contributed by atoms with Crippen molar-refractivity contribution < 1.29 is 9.53 Å². The molecule has 0 aliphatic rings. The SMILES string of the molecule is CC(C)Oc1ccc(/C=C(/C(=O)Nc2c(C#N)cnn2C)c2ccccc2)cc1. The summed E-state index contributed by atoms with van der Waals surface area (Å²) in [6.45, 7) is 3.94. The molecule has 3 rings (SSSR count). The maximum atomic E-state index is 13.1. The van der Waals surface area contributed by atoms with Gasteiger partial charge in [0, 0.05) is 12.6 Å². The number of nitrogens with zero attached hydrogens (tertiary/aromatic N) is 3. The molecule has 0 unspecified atom stereocenters. The first-order chi connectivity index (χ1) is 14.0. The zero-order valence-corrected chi connectivity index (χ0v) is 16.6. The number of hydrogen-bond donors (Lipinski definition) is 1. The average Bonchev–Trinajstić information content (AvgIpc) is 3.07. The smallest absolute Gasteiger partial charge is 0.257 e. The molecule has 0 atom stereocenters. The van der Waals surface area contributed by atoms with E-state index in [0.717, 1.165) is 16.9 Å². The highest BCUT2D eigenvalue weighted by molar-refractivity contribution is 6.29. The van der Waals surface area contributed by atoms with Gasteiger partial charge >= 0.3 is 0 Å². The number of aromatic nitrogens is 2. The van der Waals surface area contributed by atoms with Crippen LogP contribution in [0.2, 0.25) is 0 Å². The monoisotopic (exact) mass is 386 g/mol. The third-order valence-corrected chi connectivity index (χ3v) is 4.18. The van der Waals surface area contributed by atoms with Crippen LogP contribution in [0.3, 0.4) is 0 Å². The van der Waals surface area contributed by atoms with E-state index < -0.39 is 0 Å². The van der Waals surface area contributed by atoms with Gasteiger partial charge in [0.25, 0.3) is 5.91 Å². The van der Waals surface area contributed by atoms with Crippen molar-refractivity contribution >= 4 is 23.4 Å². The van der Waals surface area contributed by atoms with Gasteiger partial charge < -0.3 is 10.1 Å². The molecule has 0 saturated carbocycles. The summed E-state index contributed by atoms with van der Waals surface area (Å²) >= 11 is 0. The summed E-state index contributed by atoms with van der Waals surface area (Å²) in [5.74, 6) is 0.815. The van der Waals surface area contributed by atoms with E-state index in [2.05, 4.69) is 10.4 Å². The quantitative estimate of drug-likeness (QED) is 0.507. The van der Waals surface area contributed by atoms with Crippen molar-refractivity contribution in [1.82, 2.24) is 9.78 Å². The minimum atomic E-state index is -0.321. The number of carbonyl (C=O) groups is 1. The number of hydrogen-bond acceptors (Lipinski definition) is 4. The molecule has 0 saturated heterocycles. The second kappa shape index (κ2) is 8.89. The Kier molecular flexibility index (Phi) is 6.10. The summed E-state index contributed by atoms with van der Waals surface area (Å²) < 4.78 is 7.14. The first kappa shape index (κ1) is 19.9. The molecule has 0 aliphatic heterocycles. The lowest BCUT2D eigenvalue weighted by Gasteiger charge is -2.11. The number of amides is 1. The predicted octanol–water partition coefficient (Wildman–Crippen LogP) is 4.26. The zero-order chi connectivity index (χ0) is 20.8. The Balaban J connectivity index is 1.95. The fourth-order valence-corrected chi connectivity index (χ4v) is 2.82. The van der Waals surface area contributed by atoms with Crippen LogP contribution in [0.5, 0.6) is 5.75 Å². The van der Waals surface area contributed by atoms with E-state index >= 15 is 0 Å². The van der Waals surface area contributed by atoms with Gasteiger partial charge in [-0.05, 0) is 43.2 Å². The van der Waals surface area contributed by atoms with Gasteiger partial charge in [-0.15, -0.1) is 0 Å². The molecule has 6 heteroatoms. The van der Waals surface area contributed by atoms with Crippen molar-refractivity contribution in [2.75, 3.05) is 5.32 Å². The summed E-state index contributed by atoms with van der Waals surface area (Å²) in [6, 6.07) is 19.0. The van der Waals surface area contributed by atoms with Gasteiger partial charge in [-0.25, -0.2) is 0 Å². The van der Waals surface area contributed by atoms with E-state index in [9.17, 15) is 10.1 Å². The van der Waals surface area contributed by atoms with E-state index in [1.807, 2.05) is 80.6 Å². The van der Waals surface area contributed by atoms with Crippen molar-refractivity contribution in [1.29, 1.82) is 5.26 Å². The number of rotatable bonds is 6. The van der Waals surface area contributed by atoms with E-state index in [4.69, 9.17) is 4.74 Å². The lowest BCUT2D eigenvalue weighted by Crippen LogP contribution is -2.16. The van der Waals surface area contributed by atoms with Crippen LogP contribution in [0.1, 0.15) is 30.5 Å². The van der Waals surface area contributed by atoms with Crippen molar-refractivity contribution in [3.05, 3.63) is 77.5 Å². The highest BCUT2D eigenvalue weighted by Crippen LogP contribution is 2.23. The second-order valence-corrected chi connectivity index (χ2v) is 6.76. The van der Waals surface area contributed by atoms with Crippen molar-refractivity contribution in [2.24, 2.45) is 7.05 Å². The molecule has 1 aromatic heterocycles. The third-order valence-electron chi connectivity index (χ3n) is 4.18. The van der Waals surface area contributed by atoms with Crippen LogP contribution in [0.15, 0.2) is 60.8 Å². The van der Waals surface area contributed by atoms with Gasteiger partial charge in [-0.3, -0.25) is 9.48 Å². The molecule has 0 fully saturated rings. The molecule has 0 radical (unpaired) electrons. The molecule has 0 bridgehead atoms. The molecule has 29 heavy (non-hydrogen) atoms. The molecule has 0 spiro atoms. The number of carbonyl (C=O) groups excluding carboxylic acids is 1. The molecular formula is C23H22N4O2. The molecule has 146 valence electrons. The van der Waals surface area contributed by atoms with Gasteiger partial charge in [-0.2, -0.15) is 10.4 Å². The van der Waals surface area contributed by atoms with E-state index in [-0.39, 0.29) is 12.0 Å². The maximum absolute atomic E-state index is 13.1. The molecule has 1 N–H and O–H groups in total. The topological polar surface area (TPSA) is 79.9 Å². The molecule has 1 heterocycles. The second-order valence-electron chi connectivity index (χ2n) is 6.76. The minimum Gasteiger partial charge on any atom is -0.491 e. The summed E-state index contributed by atoms with van der Waals surface area (Å²) in [5.41, 5.74) is 2.42. The van der Waals surface area contributed by atoms with E-state index in [1.165, 1.54) is 10.9 Å². The Morgan fingerprint density at radius 3 is 2.48 bits per heavy atom. The van der Waals surface area contributed by atoms with Gasteiger partial charge in [0.15, 0.2) is 0 Å². The van der Waals surface area contributed by atoms with Crippen molar-refractivity contribution in [3.8, 4) is 11.8 Å². The van der Waals surface area contributed by atoms with Crippen LogP contribution in [-0.4, -0.2) is 21.8 Å². The predicted molar refractivity (Wildman–Crippen MR) is 113 cm³/mol. The van der Waals surface area contributed by atoms with Crippen LogP contribution in [0.25, 0.3) is 11.6 Å². The highest BCUT2D eigenvalue weighted by atomic mass is 16.5. The molecule has 1 amide bonds. The lowest BCUT2D eigenvalue weighted by molar-refractivity contribution is -0.111. The van der Waals surface area contributed by atoms with Gasteiger partial charge in [0.2, 0.25) is 0 Å². The molecule has 0 aliphatic carbocycles. The molecule has 6 nitrogen and oxygen atoms in total. The summed E-state index contributed by atoms with van der Waals surface area (Å²) in [4.78, 5) is 13.1. The first-order valence-corrected chi connectivity index (χ1v) is 9.25. The minimum absolute atomic E-state index is 0.0928. The number of nitrogens with one attached hydrogen (secondary N) is 1. The van der Waals surface area contributed by atoms with E-state index in [1.54, 1.807) is 7.05 Å². The fraction of sp³-hybridized carbons (Fsp3) is 0.174. The van der Waals surface area contributed by atoms with Crippen molar-refractivity contribution in [3.63, 3.8) is 0 Å². The lowest BCUT2D eigenvalue weighted by atomic mass is 10.0. The normalized spacial score (nSPS) is 11.2. The Morgan fingerprint density at radius 2 is 1.86 bits per heavy atom. The van der Waals surface area contributed by atoms with Crippen LogP contribution in [0, 0.1) is 11.3 Å². The third kappa shape index (κ3) is 4.90.